The first-order valence-corrected chi connectivity index (χ1v) is 11.4. The minimum absolute atomic E-state index is 0.0502. The summed E-state index contributed by atoms with van der Waals surface area (Å²) in [4.78, 5) is 19.2. The molecule has 2 fully saturated rings. The summed E-state index contributed by atoms with van der Waals surface area (Å²) < 4.78 is 15.8. The number of rotatable bonds is 4. The summed E-state index contributed by atoms with van der Waals surface area (Å²) in [6, 6.07) is 10.1. The molecule has 2 aromatic rings. The topological polar surface area (TPSA) is 80.7 Å². The summed E-state index contributed by atoms with van der Waals surface area (Å²) in [6.07, 6.45) is 3.24. The number of anilines is 1. The van der Waals surface area contributed by atoms with Gasteiger partial charge < -0.3 is 20.6 Å². The van der Waals surface area contributed by atoms with Crippen LogP contribution in [0.15, 0.2) is 60.2 Å². The predicted octanol–water partition coefficient (Wildman–Crippen LogP) is 3.32. The number of hydrogen-bond acceptors (Lipinski definition) is 5. The average Bonchev–Trinajstić information content (AvgIpc) is 3.25. The van der Waals surface area contributed by atoms with Gasteiger partial charge in [0.15, 0.2) is 0 Å². The van der Waals surface area contributed by atoms with Crippen LogP contribution < -0.4 is 15.5 Å². The second-order valence-electron chi connectivity index (χ2n) is 8.38. The molecule has 7 nitrogen and oxygen atoms in total. The Bertz CT molecular complexity index is 1150. The van der Waals surface area contributed by atoms with Gasteiger partial charge in [-0.25, -0.2) is 14.2 Å². The van der Waals surface area contributed by atoms with Crippen molar-refractivity contribution in [3.05, 3.63) is 71.3 Å². The Kier molecular flexibility index (Phi) is 5.72. The number of urea groups is 1. The molecule has 1 aromatic heterocycles. The summed E-state index contributed by atoms with van der Waals surface area (Å²) in [7, 11) is 0. The van der Waals surface area contributed by atoms with Crippen molar-refractivity contribution in [3.63, 3.8) is 0 Å². The van der Waals surface area contributed by atoms with Crippen LogP contribution in [0, 0.1) is 0 Å². The highest BCUT2D eigenvalue weighted by atomic mass is 35.5. The van der Waals surface area contributed by atoms with Gasteiger partial charge in [0, 0.05) is 57.4 Å². The molecule has 3 aliphatic rings. The minimum atomic E-state index is -1.36. The fourth-order valence-corrected chi connectivity index (χ4v) is 5.18. The highest BCUT2D eigenvalue weighted by molar-refractivity contribution is 6.27. The van der Waals surface area contributed by atoms with Crippen LogP contribution in [-0.2, 0) is 4.87 Å². The van der Waals surface area contributed by atoms with E-state index in [0.29, 0.717) is 29.8 Å². The van der Waals surface area contributed by atoms with Gasteiger partial charge >= 0.3 is 6.03 Å². The summed E-state index contributed by atoms with van der Waals surface area (Å²) >= 11 is 7.31. The minimum Gasteiger partial charge on any atom is -0.507 e. The van der Waals surface area contributed by atoms with E-state index in [1.807, 2.05) is 6.07 Å². The van der Waals surface area contributed by atoms with Crippen molar-refractivity contribution < 1.29 is 14.3 Å². The molecular formula is C24H25ClFN5O2. The molecule has 0 spiro atoms. The number of hydrogen-bond donors (Lipinski definition) is 3. The number of halogens is 2. The van der Waals surface area contributed by atoms with Gasteiger partial charge in [0.1, 0.15) is 22.3 Å². The molecule has 0 saturated carbocycles. The fourth-order valence-electron chi connectivity index (χ4n) is 4.72. The number of benzene rings is 1. The highest BCUT2D eigenvalue weighted by Crippen LogP contribution is 2.51. The molecule has 2 amide bonds. The van der Waals surface area contributed by atoms with E-state index in [1.54, 1.807) is 36.5 Å². The zero-order valence-electron chi connectivity index (χ0n) is 18.0. The molecule has 2 saturated heterocycles. The maximum absolute atomic E-state index is 15.8. The summed E-state index contributed by atoms with van der Waals surface area (Å²) in [5.41, 5.74) is 1.85. The van der Waals surface area contributed by atoms with E-state index in [4.69, 9.17) is 11.6 Å². The average molecular weight is 470 g/mol. The number of piperazine rings is 1. The molecule has 1 aromatic carbocycles. The van der Waals surface area contributed by atoms with E-state index in [2.05, 4.69) is 20.5 Å². The van der Waals surface area contributed by atoms with Crippen molar-refractivity contribution in [2.45, 2.75) is 11.3 Å². The molecule has 1 atom stereocenters. The Morgan fingerprint density at radius 2 is 1.91 bits per heavy atom. The molecule has 3 N–H and O–H groups in total. The maximum atomic E-state index is 15.8. The van der Waals surface area contributed by atoms with E-state index >= 15 is 4.39 Å². The first kappa shape index (κ1) is 21.7. The number of allylic oxidation sites excluding steroid dienone is 4. The molecule has 2 aliphatic heterocycles. The Hall–Kier alpha value is -3.10. The van der Waals surface area contributed by atoms with Gasteiger partial charge in [-0.15, -0.1) is 11.6 Å². The van der Waals surface area contributed by atoms with Gasteiger partial charge in [-0.1, -0.05) is 18.2 Å². The lowest BCUT2D eigenvalue weighted by atomic mass is 9.81. The Morgan fingerprint density at radius 3 is 2.64 bits per heavy atom. The summed E-state index contributed by atoms with van der Waals surface area (Å²) in [5, 5.41) is 16.5. The van der Waals surface area contributed by atoms with Crippen molar-refractivity contribution in [1.82, 2.24) is 20.5 Å². The number of alkyl halides is 1. The van der Waals surface area contributed by atoms with Crippen LogP contribution in [0.3, 0.4) is 0 Å². The zero-order valence-corrected chi connectivity index (χ0v) is 18.8. The molecule has 1 aliphatic carbocycles. The molecule has 5 rings (SSSR count). The van der Waals surface area contributed by atoms with E-state index in [0.717, 1.165) is 32.0 Å². The number of pyridine rings is 1. The summed E-state index contributed by atoms with van der Waals surface area (Å²) in [5.74, 6) is 0.222. The third-order valence-electron chi connectivity index (χ3n) is 6.36. The zero-order chi connectivity index (χ0) is 23.0. The number of carbonyl (C=O) groups is 1. The van der Waals surface area contributed by atoms with Crippen molar-refractivity contribution in [3.8, 4) is 5.75 Å². The standard InChI is InChI=1S/C24H25ClFN5O2/c25-24(17-5-6-28-21(14-17)30-10-7-27-8-11-30)15-16(18-3-1-2-4-20(18)32)13-19(26)22(24)31-12-9-29-23(31)33/h1-6,13-14,27,32H,7-12,15H2,(H,29,33). The van der Waals surface area contributed by atoms with Crippen molar-refractivity contribution in [2.75, 3.05) is 44.2 Å². The number of aromatic nitrogens is 1. The van der Waals surface area contributed by atoms with Crippen molar-refractivity contribution >= 4 is 29.0 Å². The molecule has 0 radical (unpaired) electrons. The molecule has 172 valence electrons. The molecule has 33 heavy (non-hydrogen) atoms. The number of para-hydroxylation sites is 1. The van der Waals surface area contributed by atoms with Crippen LogP contribution in [0.4, 0.5) is 15.0 Å². The van der Waals surface area contributed by atoms with Crippen LogP contribution in [0.1, 0.15) is 17.5 Å². The van der Waals surface area contributed by atoms with E-state index in [-0.39, 0.29) is 23.9 Å². The Morgan fingerprint density at radius 1 is 1.12 bits per heavy atom. The normalized spacial score (nSPS) is 23.6. The van der Waals surface area contributed by atoms with Gasteiger partial charge in [0.25, 0.3) is 0 Å². The van der Waals surface area contributed by atoms with Crippen LogP contribution in [0.2, 0.25) is 0 Å². The quantitative estimate of drug-likeness (QED) is 0.598. The van der Waals surface area contributed by atoms with Crippen LogP contribution in [-0.4, -0.2) is 60.3 Å². The Labute approximate surface area is 196 Å². The molecular weight excluding hydrogens is 445 g/mol. The van der Waals surface area contributed by atoms with Gasteiger partial charge in [-0.2, -0.15) is 0 Å². The van der Waals surface area contributed by atoms with Gasteiger partial charge in [-0.05, 0) is 35.4 Å². The monoisotopic (exact) mass is 469 g/mol. The summed E-state index contributed by atoms with van der Waals surface area (Å²) in [6.45, 7) is 4.06. The fraction of sp³-hybridized carbons (Fsp3) is 0.333. The van der Waals surface area contributed by atoms with Crippen LogP contribution in [0.25, 0.3) is 5.57 Å². The Balaban J connectivity index is 1.63. The third kappa shape index (κ3) is 3.94. The number of carbonyl (C=O) groups excluding carboxylic acids is 1. The lowest BCUT2D eigenvalue weighted by Crippen LogP contribution is -2.44. The van der Waals surface area contributed by atoms with E-state index in [1.165, 1.54) is 11.0 Å². The van der Waals surface area contributed by atoms with Crippen molar-refractivity contribution in [1.29, 1.82) is 0 Å². The lowest BCUT2D eigenvalue weighted by Gasteiger charge is -2.38. The number of phenols is 1. The van der Waals surface area contributed by atoms with Crippen LogP contribution >= 0.6 is 11.6 Å². The van der Waals surface area contributed by atoms with Gasteiger partial charge in [0.05, 0.1) is 5.70 Å². The molecule has 1 unspecified atom stereocenters. The van der Waals surface area contributed by atoms with Gasteiger partial charge in [-0.3, -0.25) is 4.90 Å². The van der Waals surface area contributed by atoms with Crippen LogP contribution in [0.5, 0.6) is 5.75 Å². The number of nitrogens with one attached hydrogen (secondary N) is 2. The number of phenolic OH excluding ortho intramolecular Hbond substituents is 1. The first-order valence-electron chi connectivity index (χ1n) is 11.0. The SMILES string of the molecule is O=C1NCCN1C1=C(F)C=C(c2ccccc2O)CC1(Cl)c1ccnc(N2CCNCC2)c1. The molecule has 3 heterocycles. The van der Waals surface area contributed by atoms with E-state index in [9.17, 15) is 9.90 Å². The maximum Gasteiger partial charge on any atom is 0.321 e. The molecule has 9 heteroatoms. The smallest absolute Gasteiger partial charge is 0.321 e. The van der Waals surface area contributed by atoms with Crippen molar-refractivity contribution in [2.24, 2.45) is 0 Å². The second kappa shape index (κ2) is 8.68. The predicted molar refractivity (Wildman–Crippen MR) is 126 cm³/mol. The second-order valence-corrected chi connectivity index (χ2v) is 9.03. The third-order valence-corrected chi connectivity index (χ3v) is 6.89. The number of aromatic hydroxyl groups is 1. The first-order chi connectivity index (χ1) is 16.0. The van der Waals surface area contributed by atoms with Gasteiger partial charge in [0.2, 0.25) is 0 Å². The largest absolute Gasteiger partial charge is 0.507 e. The molecule has 0 bridgehead atoms. The van der Waals surface area contributed by atoms with E-state index < -0.39 is 10.7 Å². The number of amides is 2. The number of nitrogens with zero attached hydrogens (tertiary/aromatic N) is 3. The highest BCUT2D eigenvalue weighted by Gasteiger charge is 2.46. The lowest BCUT2D eigenvalue weighted by molar-refractivity contribution is 0.222.